The number of aromatic nitrogens is 2. The Labute approximate surface area is 169 Å². The molecule has 28 heavy (non-hydrogen) atoms. The highest BCUT2D eigenvalue weighted by Crippen LogP contribution is 2.13. The number of aliphatic imine (C=N–C) groups is 1. The fourth-order valence-corrected chi connectivity index (χ4v) is 3.50. The minimum Gasteiger partial charge on any atom is -0.357 e. The third-order valence-electron chi connectivity index (χ3n) is 5.01. The first-order valence-corrected chi connectivity index (χ1v) is 10.5. The van der Waals surface area contributed by atoms with Crippen molar-refractivity contribution < 1.29 is 0 Å². The number of benzene rings is 1. The van der Waals surface area contributed by atoms with Crippen LogP contribution in [0.15, 0.2) is 41.7 Å². The second-order valence-electron chi connectivity index (χ2n) is 7.56. The lowest BCUT2D eigenvalue weighted by atomic mass is 10.1. The van der Waals surface area contributed by atoms with Gasteiger partial charge in [-0.3, -0.25) is 9.58 Å². The molecule has 1 aromatic carbocycles. The normalized spacial score (nSPS) is 15.1. The molecule has 2 heterocycles. The van der Waals surface area contributed by atoms with Crippen molar-refractivity contribution in [1.82, 2.24) is 25.3 Å². The van der Waals surface area contributed by atoms with Crippen LogP contribution in [0.4, 0.5) is 0 Å². The van der Waals surface area contributed by atoms with Crippen molar-refractivity contribution in [2.24, 2.45) is 4.99 Å². The second-order valence-corrected chi connectivity index (χ2v) is 7.56. The standard InChI is InChI=1S/C22H34N6/c1-3-23-22(24-11-6-14-28-17-19(2)15-26-28)25-16-20-7-9-21(10-8-20)18-27-12-4-5-13-27/h7-10,15,17H,3-6,11-14,16,18H2,1-2H3,(H2,23,24,25). The van der Waals surface area contributed by atoms with Crippen LogP contribution in [0.5, 0.6) is 0 Å². The van der Waals surface area contributed by atoms with E-state index in [1.54, 1.807) is 0 Å². The number of aryl methyl sites for hydroxylation is 2. The Morgan fingerprint density at radius 2 is 1.86 bits per heavy atom. The maximum atomic E-state index is 4.73. The molecule has 1 aromatic heterocycles. The highest BCUT2D eigenvalue weighted by Gasteiger charge is 2.11. The van der Waals surface area contributed by atoms with Gasteiger partial charge in [0.25, 0.3) is 0 Å². The first-order chi connectivity index (χ1) is 13.7. The second kappa shape index (κ2) is 10.9. The lowest BCUT2D eigenvalue weighted by molar-refractivity contribution is 0.331. The van der Waals surface area contributed by atoms with Crippen molar-refractivity contribution in [3.8, 4) is 0 Å². The van der Waals surface area contributed by atoms with Gasteiger partial charge < -0.3 is 10.6 Å². The molecule has 6 nitrogen and oxygen atoms in total. The maximum absolute atomic E-state index is 4.73. The summed E-state index contributed by atoms with van der Waals surface area (Å²) in [5.41, 5.74) is 3.84. The lowest BCUT2D eigenvalue weighted by Gasteiger charge is -2.14. The first kappa shape index (κ1) is 20.4. The average Bonchev–Trinajstić information content (AvgIpc) is 3.36. The molecule has 0 atom stereocenters. The molecule has 0 unspecified atom stereocenters. The number of nitrogens with one attached hydrogen (secondary N) is 2. The van der Waals surface area contributed by atoms with Gasteiger partial charge in [-0.05, 0) is 62.9 Å². The summed E-state index contributed by atoms with van der Waals surface area (Å²) in [6.45, 7) is 11.1. The smallest absolute Gasteiger partial charge is 0.191 e. The first-order valence-electron chi connectivity index (χ1n) is 10.5. The van der Waals surface area contributed by atoms with E-state index < -0.39 is 0 Å². The Morgan fingerprint density at radius 3 is 2.54 bits per heavy atom. The Kier molecular flexibility index (Phi) is 7.91. The monoisotopic (exact) mass is 382 g/mol. The van der Waals surface area contributed by atoms with Gasteiger partial charge in [-0.2, -0.15) is 5.10 Å². The van der Waals surface area contributed by atoms with E-state index in [0.717, 1.165) is 38.6 Å². The molecular formula is C22H34N6. The topological polar surface area (TPSA) is 57.5 Å². The van der Waals surface area contributed by atoms with Crippen molar-refractivity contribution in [2.75, 3.05) is 26.2 Å². The summed E-state index contributed by atoms with van der Waals surface area (Å²) in [6.07, 6.45) is 7.67. The van der Waals surface area contributed by atoms with Gasteiger partial charge in [-0.1, -0.05) is 24.3 Å². The zero-order valence-electron chi connectivity index (χ0n) is 17.3. The lowest BCUT2D eigenvalue weighted by Crippen LogP contribution is -2.38. The number of nitrogens with zero attached hydrogens (tertiary/aromatic N) is 4. The molecule has 0 saturated carbocycles. The molecule has 0 bridgehead atoms. The zero-order valence-corrected chi connectivity index (χ0v) is 17.3. The highest BCUT2D eigenvalue weighted by molar-refractivity contribution is 5.79. The van der Waals surface area contributed by atoms with Crippen molar-refractivity contribution in [3.63, 3.8) is 0 Å². The van der Waals surface area contributed by atoms with Gasteiger partial charge >= 0.3 is 0 Å². The van der Waals surface area contributed by atoms with E-state index in [2.05, 4.69) is 64.9 Å². The maximum Gasteiger partial charge on any atom is 0.191 e. The van der Waals surface area contributed by atoms with Crippen LogP contribution in [0.1, 0.15) is 42.9 Å². The molecule has 1 aliphatic rings. The Hall–Kier alpha value is -2.34. The van der Waals surface area contributed by atoms with Crippen LogP contribution in [-0.2, 0) is 19.6 Å². The number of likely N-dealkylation sites (tertiary alicyclic amines) is 1. The van der Waals surface area contributed by atoms with Gasteiger partial charge in [0, 0.05) is 32.4 Å². The SMILES string of the molecule is CCNC(=NCc1ccc(CN2CCCC2)cc1)NCCCn1cc(C)cn1. The van der Waals surface area contributed by atoms with E-state index in [-0.39, 0.29) is 0 Å². The molecule has 0 amide bonds. The number of hydrogen-bond acceptors (Lipinski definition) is 3. The molecule has 0 radical (unpaired) electrons. The summed E-state index contributed by atoms with van der Waals surface area (Å²) in [6, 6.07) is 8.90. The molecule has 2 aromatic rings. The third-order valence-corrected chi connectivity index (χ3v) is 5.01. The predicted octanol–water partition coefficient (Wildman–Crippen LogP) is 2.93. The van der Waals surface area contributed by atoms with Gasteiger partial charge in [0.1, 0.15) is 0 Å². The predicted molar refractivity (Wildman–Crippen MR) is 115 cm³/mol. The summed E-state index contributed by atoms with van der Waals surface area (Å²) in [7, 11) is 0. The van der Waals surface area contributed by atoms with Crippen LogP contribution >= 0.6 is 0 Å². The summed E-state index contributed by atoms with van der Waals surface area (Å²) in [5.74, 6) is 0.875. The summed E-state index contributed by atoms with van der Waals surface area (Å²) >= 11 is 0. The highest BCUT2D eigenvalue weighted by atomic mass is 15.3. The summed E-state index contributed by atoms with van der Waals surface area (Å²) in [4.78, 5) is 7.26. The summed E-state index contributed by atoms with van der Waals surface area (Å²) in [5, 5.41) is 11.1. The molecule has 0 spiro atoms. The quantitative estimate of drug-likeness (QED) is 0.398. The summed E-state index contributed by atoms with van der Waals surface area (Å²) < 4.78 is 1.99. The molecule has 1 saturated heterocycles. The van der Waals surface area contributed by atoms with E-state index in [1.165, 1.54) is 42.6 Å². The van der Waals surface area contributed by atoms with Crippen molar-refractivity contribution >= 4 is 5.96 Å². The molecular weight excluding hydrogens is 348 g/mol. The minimum absolute atomic E-state index is 0.692. The van der Waals surface area contributed by atoms with Gasteiger partial charge in [-0.15, -0.1) is 0 Å². The van der Waals surface area contributed by atoms with Crippen LogP contribution in [0, 0.1) is 6.92 Å². The van der Waals surface area contributed by atoms with Crippen LogP contribution in [0.2, 0.25) is 0 Å². The largest absolute Gasteiger partial charge is 0.357 e. The van der Waals surface area contributed by atoms with Crippen LogP contribution in [-0.4, -0.2) is 46.8 Å². The number of hydrogen-bond donors (Lipinski definition) is 2. The fourth-order valence-electron chi connectivity index (χ4n) is 3.50. The van der Waals surface area contributed by atoms with E-state index >= 15 is 0 Å². The van der Waals surface area contributed by atoms with E-state index in [4.69, 9.17) is 4.99 Å². The molecule has 0 aliphatic carbocycles. The van der Waals surface area contributed by atoms with E-state index in [0.29, 0.717) is 6.54 Å². The van der Waals surface area contributed by atoms with E-state index in [9.17, 15) is 0 Å². The van der Waals surface area contributed by atoms with Crippen LogP contribution < -0.4 is 10.6 Å². The minimum atomic E-state index is 0.692. The molecule has 1 aliphatic heterocycles. The Balaban J connectivity index is 1.43. The molecule has 6 heteroatoms. The Morgan fingerprint density at radius 1 is 1.11 bits per heavy atom. The number of rotatable bonds is 9. The van der Waals surface area contributed by atoms with Crippen molar-refractivity contribution in [2.45, 2.75) is 52.7 Å². The fraction of sp³-hybridized carbons (Fsp3) is 0.545. The molecule has 2 N–H and O–H groups in total. The third kappa shape index (κ3) is 6.68. The van der Waals surface area contributed by atoms with Crippen molar-refractivity contribution in [1.29, 1.82) is 0 Å². The number of guanidine groups is 1. The van der Waals surface area contributed by atoms with Gasteiger partial charge in [0.15, 0.2) is 5.96 Å². The zero-order chi connectivity index (χ0) is 19.6. The molecule has 152 valence electrons. The van der Waals surface area contributed by atoms with Crippen molar-refractivity contribution in [3.05, 3.63) is 53.3 Å². The Bertz CT molecular complexity index is 728. The van der Waals surface area contributed by atoms with Gasteiger partial charge in [0.2, 0.25) is 0 Å². The van der Waals surface area contributed by atoms with Gasteiger partial charge in [-0.25, -0.2) is 4.99 Å². The average molecular weight is 383 g/mol. The molecule has 1 fully saturated rings. The van der Waals surface area contributed by atoms with Crippen LogP contribution in [0.25, 0.3) is 0 Å². The molecule has 3 rings (SSSR count). The van der Waals surface area contributed by atoms with E-state index in [1.807, 2.05) is 10.9 Å². The van der Waals surface area contributed by atoms with Gasteiger partial charge in [0.05, 0.1) is 12.7 Å². The van der Waals surface area contributed by atoms with Crippen LogP contribution in [0.3, 0.4) is 0 Å².